The van der Waals surface area contributed by atoms with Gasteiger partial charge >= 0.3 is 0 Å². The van der Waals surface area contributed by atoms with Gasteiger partial charge in [-0.1, -0.05) is 30.3 Å². The second-order valence-corrected chi connectivity index (χ2v) is 8.95. The Morgan fingerprint density at radius 1 is 1.31 bits per heavy atom. The standard InChI is InChI=1S/C21H27N3OS/c1-15-23-19-17(8-5-9-18(19)26-15)20(25)24-12-10-21(14-22,11-13-24)16-6-3-2-4-7-16/h2-4,6-7,17H,5,8-14,22H2,1H3. The summed E-state index contributed by atoms with van der Waals surface area (Å²) in [5, 5.41) is 1.08. The van der Waals surface area contributed by atoms with Crippen molar-refractivity contribution in [1.82, 2.24) is 9.88 Å². The highest BCUT2D eigenvalue weighted by molar-refractivity contribution is 7.11. The van der Waals surface area contributed by atoms with Crippen LogP contribution in [0.1, 0.15) is 52.7 Å². The average Bonchev–Trinajstić information content (AvgIpc) is 3.08. The maximum Gasteiger partial charge on any atom is 0.231 e. The molecule has 26 heavy (non-hydrogen) atoms. The molecule has 2 aliphatic rings. The van der Waals surface area contributed by atoms with Crippen LogP contribution in [0.25, 0.3) is 0 Å². The number of aromatic nitrogens is 1. The first-order valence-corrected chi connectivity index (χ1v) is 10.5. The monoisotopic (exact) mass is 369 g/mol. The Morgan fingerprint density at radius 3 is 2.73 bits per heavy atom. The quantitative estimate of drug-likeness (QED) is 0.902. The maximum atomic E-state index is 13.2. The molecule has 1 aliphatic heterocycles. The second-order valence-electron chi connectivity index (χ2n) is 7.66. The predicted molar refractivity (Wildman–Crippen MR) is 106 cm³/mol. The number of carbonyl (C=O) groups excluding carboxylic acids is 1. The summed E-state index contributed by atoms with van der Waals surface area (Å²) in [5.74, 6) is 0.237. The maximum absolute atomic E-state index is 13.2. The smallest absolute Gasteiger partial charge is 0.231 e. The zero-order valence-electron chi connectivity index (χ0n) is 15.4. The van der Waals surface area contributed by atoms with Crippen LogP contribution >= 0.6 is 11.3 Å². The molecule has 0 bridgehead atoms. The molecule has 1 fully saturated rings. The number of likely N-dealkylation sites (tertiary alicyclic amines) is 1. The largest absolute Gasteiger partial charge is 0.342 e. The minimum atomic E-state index is -0.0363. The van der Waals surface area contributed by atoms with Gasteiger partial charge in [0.1, 0.15) is 0 Å². The predicted octanol–water partition coefficient (Wildman–Crippen LogP) is 3.39. The number of fused-ring (bicyclic) bond motifs is 1. The summed E-state index contributed by atoms with van der Waals surface area (Å²) in [4.78, 5) is 21.3. The van der Waals surface area contributed by atoms with E-state index in [0.29, 0.717) is 6.54 Å². The molecule has 1 amide bonds. The number of nitrogens with zero attached hydrogens (tertiary/aromatic N) is 2. The van der Waals surface area contributed by atoms with Gasteiger partial charge in [-0.25, -0.2) is 4.98 Å². The Bertz CT molecular complexity index is 778. The van der Waals surface area contributed by atoms with Crippen molar-refractivity contribution in [2.24, 2.45) is 5.73 Å². The van der Waals surface area contributed by atoms with E-state index in [2.05, 4.69) is 29.2 Å². The van der Waals surface area contributed by atoms with Crippen molar-refractivity contribution in [2.45, 2.75) is 50.4 Å². The van der Waals surface area contributed by atoms with Gasteiger partial charge in [0.15, 0.2) is 0 Å². The minimum Gasteiger partial charge on any atom is -0.342 e. The molecule has 1 aromatic carbocycles. The fourth-order valence-electron chi connectivity index (χ4n) is 4.56. The van der Waals surface area contributed by atoms with Gasteiger partial charge in [-0.05, 0) is 44.6 Å². The molecular formula is C21H27N3OS. The fraction of sp³-hybridized carbons (Fsp3) is 0.524. The molecule has 1 aromatic heterocycles. The van der Waals surface area contributed by atoms with Crippen LogP contribution < -0.4 is 5.73 Å². The first-order valence-electron chi connectivity index (χ1n) is 9.63. The minimum absolute atomic E-state index is 0.00693. The van der Waals surface area contributed by atoms with Crippen molar-refractivity contribution < 1.29 is 4.79 Å². The number of amides is 1. The summed E-state index contributed by atoms with van der Waals surface area (Å²) in [5.41, 5.74) is 8.56. The third kappa shape index (κ3) is 3.08. The van der Waals surface area contributed by atoms with Crippen LogP contribution in [0.2, 0.25) is 0 Å². The Labute approximate surface area is 159 Å². The van der Waals surface area contributed by atoms with Gasteiger partial charge in [0, 0.05) is 29.9 Å². The highest BCUT2D eigenvalue weighted by atomic mass is 32.1. The van der Waals surface area contributed by atoms with Crippen LogP contribution in [0.5, 0.6) is 0 Å². The lowest BCUT2D eigenvalue weighted by Crippen LogP contribution is -2.49. The SMILES string of the molecule is Cc1nc2c(s1)CCCC2C(=O)N1CCC(CN)(c2ccccc2)CC1. The number of thiazole rings is 1. The number of nitrogens with two attached hydrogens (primary N) is 1. The average molecular weight is 370 g/mol. The molecule has 1 unspecified atom stereocenters. The topological polar surface area (TPSA) is 59.2 Å². The zero-order chi connectivity index (χ0) is 18.1. The molecule has 1 atom stereocenters. The molecule has 0 radical (unpaired) electrons. The Balaban J connectivity index is 1.49. The summed E-state index contributed by atoms with van der Waals surface area (Å²) in [7, 11) is 0. The lowest BCUT2D eigenvalue weighted by molar-refractivity contribution is -0.134. The highest BCUT2D eigenvalue weighted by Crippen LogP contribution is 2.39. The highest BCUT2D eigenvalue weighted by Gasteiger charge is 2.39. The molecule has 1 aliphatic carbocycles. The molecule has 0 spiro atoms. The zero-order valence-corrected chi connectivity index (χ0v) is 16.2. The molecular weight excluding hydrogens is 342 g/mol. The van der Waals surface area contributed by atoms with Crippen molar-refractivity contribution in [3.8, 4) is 0 Å². The molecule has 2 aromatic rings. The molecule has 1 saturated heterocycles. The number of benzene rings is 1. The van der Waals surface area contributed by atoms with E-state index in [1.807, 2.05) is 13.0 Å². The van der Waals surface area contributed by atoms with Crippen LogP contribution in [0.15, 0.2) is 30.3 Å². The van der Waals surface area contributed by atoms with Crippen molar-refractivity contribution in [3.05, 3.63) is 51.5 Å². The van der Waals surface area contributed by atoms with E-state index >= 15 is 0 Å². The van der Waals surface area contributed by atoms with Crippen LogP contribution in [0.4, 0.5) is 0 Å². The van der Waals surface area contributed by atoms with Gasteiger partial charge in [0.25, 0.3) is 0 Å². The first kappa shape index (κ1) is 17.7. The number of hydrogen-bond donors (Lipinski definition) is 1. The van der Waals surface area contributed by atoms with Crippen LogP contribution in [-0.4, -0.2) is 35.4 Å². The lowest BCUT2D eigenvalue weighted by atomic mass is 9.72. The number of piperidine rings is 1. The first-order chi connectivity index (χ1) is 12.6. The third-order valence-corrected chi connectivity index (χ3v) is 7.21. The van der Waals surface area contributed by atoms with E-state index in [-0.39, 0.29) is 17.2 Å². The Morgan fingerprint density at radius 2 is 2.04 bits per heavy atom. The summed E-state index contributed by atoms with van der Waals surface area (Å²) in [6, 6.07) is 10.6. The summed E-state index contributed by atoms with van der Waals surface area (Å²) >= 11 is 1.76. The van der Waals surface area contributed by atoms with Gasteiger partial charge in [-0.2, -0.15) is 0 Å². The van der Waals surface area contributed by atoms with E-state index < -0.39 is 0 Å². The van der Waals surface area contributed by atoms with Crippen LogP contribution in [-0.2, 0) is 16.6 Å². The molecule has 0 saturated carbocycles. The Kier molecular flexibility index (Phi) is 4.84. The van der Waals surface area contributed by atoms with Crippen molar-refractivity contribution >= 4 is 17.2 Å². The fourth-order valence-corrected chi connectivity index (χ4v) is 5.60. The molecule has 4 rings (SSSR count). The van der Waals surface area contributed by atoms with E-state index in [4.69, 9.17) is 10.7 Å². The third-order valence-electron chi connectivity index (χ3n) is 6.17. The van der Waals surface area contributed by atoms with Crippen molar-refractivity contribution in [1.29, 1.82) is 0 Å². The van der Waals surface area contributed by atoms with Gasteiger partial charge < -0.3 is 10.6 Å². The summed E-state index contributed by atoms with van der Waals surface area (Å²) < 4.78 is 0. The van der Waals surface area contributed by atoms with E-state index in [9.17, 15) is 4.79 Å². The Hall–Kier alpha value is -1.72. The second kappa shape index (κ2) is 7.12. The van der Waals surface area contributed by atoms with Gasteiger partial charge in [-0.3, -0.25) is 4.79 Å². The molecule has 5 heteroatoms. The van der Waals surface area contributed by atoms with Crippen molar-refractivity contribution in [3.63, 3.8) is 0 Å². The molecule has 2 N–H and O–H groups in total. The number of rotatable bonds is 3. The number of hydrogen-bond acceptors (Lipinski definition) is 4. The van der Waals surface area contributed by atoms with E-state index in [1.165, 1.54) is 10.4 Å². The van der Waals surface area contributed by atoms with Crippen LogP contribution in [0.3, 0.4) is 0 Å². The molecule has 4 nitrogen and oxygen atoms in total. The number of aryl methyl sites for hydroxylation is 2. The normalized spacial score (nSPS) is 22.1. The van der Waals surface area contributed by atoms with Gasteiger partial charge in [0.05, 0.1) is 16.6 Å². The lowest BCUT2D eigenvalue weighted by Gasteiger charge is -2.42. The van der Waals surface area contributed by atoms with Gasteiger partial charge in [-0.15, -0.1) is 11.3 Å². The molecule has 2 heterocycles. The molecule has 138 valence electrons. The van der Waals surface area contributed by atoms with Gasteiger partial charge in [0.2, 0.25) is 5.91 Å². The van der Waals surface area contributed by atoms with Crippen molar-refractivity contribution in [2.75, 3.05) is 19.6 Å². The summed E-state index contributed by atoms with van der Waals surface area (Å²) in [6.07, 6.45) is 4.99. The van der Waals surface area contributed by atoms with E-state index in [0.717, 1.165) is 55.9 Å². The van der Waals surface area contributed by atoms with E-state index in [1.54, 1.807) is 11.3 Å². The van der Waals surface area contributed by atoms with Crippen LogP contribution in [0, 0.1) is 6.92 Å². The summed E-state index contributed by atoms with van der Waals surface area (Å²) in [6.45, 7) is 4.26. The number of carbonyl (C=O) groups is 1.